The first kappa shape index (κ1) is 11.6. The number of benzene rings is 1. The van der Waals surface area contributed by atoms with Crippen LogP contribution in [0.4, 0.5) is 0 Å². The molecule has 90 valence electrons. The Morgan fingerprint density at radius 1 is 1.24 bits per heavy atom. The molecular formula is C12H11Cl3N2. The van der Waals surface area contributed by atoms with Gasteiger partial charge in [0.25, 0.3) is 0 Å². The summed E-state index contributed by atoms with van der Waals surface area (Å²) < 4.78 is 2.26. The van der Waals surface area contributed by atoms with Gasteiger partial charge < -0.3 is 4.57 Å². The van der Waals surface area contributed by atoms with E-state index in [1.54, 1.807) is 0 Å². The minimum atomic E-state index is 0.553. The molecule has 0 aliphatic heterocycles. The van der Waals surface area contributed by atoms with Crippen molar-refractivity contribution in [2.24, 2.45) is 0 Å². The Morgan fingerprint density at radius 3 is 2.59 bits per heavy atom. The molecule has 1 heterocycles. The highest BCUT2D eigenvalue weighted by molar-refractivity contribution is 6.42. The van der Waals surface area contributed by atoms with Crippen LogP contribution in [-0.4, -0.2) is 15.4 Å². The number of halogens is 3. The molecule has 0 saturated heterocycles. The Morgan fingerprint density at radius 2 is 1.94 bits per heavy atom. The average molecular weight is 290 g/mol. The SMILES string of the molecule is ClCCc1nc2cc(Cl)c(Cl)cc2n1C1CC1. The number of rotatable bonds is 3. The van der Waals surface area contributed by atoms with Gasteiger partial charge in [0.15, 0.2) is 0 Å². The zero-order chi connectivity index (χ0) is 12.0. The summed E-state index contributed by atoms with van der Waals surface area (Å²) in [5.74, 6) is 1.62. The molecule has 0 N–H and O–H groups in total. The summed E-state index contributed by atoms with van der Waals surface area (Å²) in [5.41, 5.74) is 1.98. The molecule has 0 amide bonds. The van der Waals surface area contributed by atoms with E-state index >= 15 is 0 Å². The molecule has 1 saturated carbocycles. The van der Waals surface area contributed by atoms with Crippen LogP contribution in [0.25, 0.3) is 11.0 Å². The standard InChI is InChI=1S/C12H11Cl3N2/c13-4-3-12-16-10-5-8(14)9(15)6-11(10)17(12)7-1-2-7/h5-7H,1-4H2. The van der Waals surface area contributed by atoms with Crippen molar-refractivity contribution >= 4 is 45.8 Å². The minimum absolute atomic E-state index is 0.553. The summed E-state index contributed by atoms with van der Waals surface area (Å²) in [5, 5.41) is 1.13. The minimum Gasteiger partial charge on any atom is -0.325 e. The van der Waals surface area contributed by atoms with Crippen LogP contribution in [0.15, 0.2) is 12.1 Å². The normalized spacial score (nSPS) is 15.7. The van der Waals surface area contributed by atoms with Crippen LogP contribution in [0.5, 0.6) is 0 Å². The number of hydrogen-bond donors (Lipinski definition) is 0. The molecule has 3 rings (SSSR count). The highest BCUT2D eigenvalue weighted by Gasteiger charge is 2.28. The lowest BCUT2D eigenvalue weighted by atomic mass is 10.3. The van der Waals surface area contributed by atoms with Crippen LogP contribution in [0.3, 0.4) is 0 Å². The van der Waals surface area contributed by atoms with E-state index in [0.717, 1.165) is 23.3 Å². The number of imidazole rings is 1. The maximum atomic E-state index is 6.07. The van der Waals surface area contributed by atoms with E-state index < -0.39 is 0 Å². The number of fused-ring (bicyclic) bond motifs is 1. The van der Waals surface area contributed by atoms with E-state index in [0.29, 0.717) is 22.0 Å². The van der Waals surface area contributed by atoms with Gasteiger partial charge in [0.1, 0.15) is 5.82 Å². The van der Waals surface area contributed by atoms with Gasteiger partial charge in [0, 0.05) is 18.3 Å². The first-order chi connectivity index (χ1) is 8.20. The molecule has 0 unspecified atom stereocenters. The van der Waals surface area contributed by atoms with Gasteiger partial charge in [-0.15, -0.1) is 11.6 Å². The van der Waals surface area contributed by atoms with Crippen LogP contribution in [-0.2, 0) is 6.42 Å². The molecule has 5 heteroatoms. The molecular weight excluding hydrogens is 279 g/mol. The lowest BCUT2D eigenvalue weighted by Crippen LogP contribution is -2.02. The van der Waals surface area contributed by atoms with Gasteiger partial charge in [-0.05, 0) is 25.0 Å². The lowest BCUT2D eigenvalue weighted by molar-refractivity contribution is 0.709. The number of nitrogens with zero attached hydrogens (tertiary/aromatic N) is 2. The third-order valence-corrected chi connectivity index (χ3v) is 3.95. The third kappa shape index (κ3) is 2.03. The van der Waals surface area contributed by atoms with E-state index in [9.17, 15) is 0 Å². The second kappa shape index (κ2) is 4.34. The van der Waals surface area contributed by atoms with Crippen molar-refractivity contribution in [2.75, 3.05) is 5.88 Å². The van der Waals surface area contributed by atoms with Crippen molar-refractivity contribution in [1.82, 2.24) is 9.55 Å². The van der Waals surface area contributed by atoms with Gasteiger partial charge in [-0.2, -0.15) is 0 Å². The fraction of sp³-hybridized carbons (Fsp3) is 0.417. The smallest absolute Gasteiger partial charge is 0.111 e. The molecule has 1 aliphatic carbocycles. The number of hydrogen-bond acceptors (Lipinski definition) is 1. The van der Waals surface area contributed by atoms with Gasteiger partial charge in [-0.1, -0.05) is 23.2 Å². The monoisotopic (exact) mass is 288 g/mol. The molecule has 17 heavy (non-hydrogen) atoms. The van der Waals surface area contributed by atoms with Gasteiger partial charge in [0.05, 0.1) is 21.1 Å². The molecule has 1 aromatic carbocycles. The number of alkyl halides is 1. The first-order valence-corrected chi connectivity index (χ1v) is 6.91. The predicted octanol–water partition coefficient (Wildman–Crippen LogP) is 4.46. The second-order valence-corrected chi connectivity index (χ2v) is 5.52. The molecule has 2 nitrogen and oxygen atoms in total. The topological polar surface area (TPSA) is 17.8 Å². The summed E-state index contributed by atoms with van der Waals surface area (Å²) in [4.78, 5) is 4.60. The fourth-order valence-electron chi connectivity index (χ4n) is 2.14. The first-order valence-electron chi connectivity index (χ1n) is 5.62. The maximum Gasteiger partial charge on any atom is 0.111 e. The van der Waals surface area contributed by atoms with Crippen LogP contribution in [0.2, 0.25) is 10.0 Å². The summed E-state index contributed by atoms with van der Waals surface area (Å²) in [6.45, 7) is 0. The van der Waals surface area contributed by atoms with Crippen molar-refractivity contribution in [3.05, 3.63) is 28.0 Å². The largest absolute Gasteiger partial charge is 0.325 e. The van der Waals surface area contributed by atoms with E-state index in [1.807, 2.05) is 12.1 Å². The molecule has 0 bridgehead atoms. The van der Waals surface area contributed by atoms with Crippen molar-refractivity contribution in [1.29, 1.82) is 0 Å². The molecule has 0 radical (unpaired) electrons. The molecule has 2 aromatic rings. The summed E-state index contributed by atoms with van der Waals surface area (Å²) in [6, 6.07) is 4.30. The molecule has 1 aliphatic rings. The molecule has 1 aromatic heterocycles. The van der Waals surface area contributed by atoms with Gasteiger partial charge in [-0.25, -0.2) is 4.98 Å². The number of aromatic nitrogens is 2. The molecule has 1 fully saturated rings. The van der Waals surface area contributed by atoms with Crippen molar-refractivity contribution in [3.63, 3.8) is 0 Å². The summed E-state index contributed by atoms with van der Waals surface area (Å²) in [7, 11) is 0. The van der Waals surface area contributed by atoms with Gasteiger partial charge in [0.2, 0.25) is 0 Å². The maximum absolute atomic E-state index is 6.07. The Labute approximate surface area is 114 Å². The van der Waals surface area contributed by atoms with E-state index in [2.05, 4.69) is 9.55 Å². The van der Waals surface area contributed by atoms with Crippen LogP contribution in [0, 0.1) is 0 Å². The third-order valence-electron chi connectivity index (χ3n) is 3.03. The fourth-order valence-corrected chi connectivity index (χ4v) is 2.63. The Kier molecular flexibility index (Phi) is 2.97. The second-order valence-electron chi connectivity index (χ2n) is 4.32. The zero-order valence-corrected chi connectivity index (χ0v) is 11.4. The quantitative estimate of drug-likeness (QED) is 0.763. The van der Waals surface area contributed by atoms with Crippen LogP contribution >= 0.6 is 34.8 Å². The van der Waals surface area contributed by atoms with Crippen LogP contribution < -0.4 is 0 Å². The highest BCUT2D eigenvalue weighted by Crippen LogP contribution is 2.40. The van der Waals surface area contributed by atoms with Gasteiger partial charge >= 0.3 is 0 Å². The van der Waals surface area contributed by atoms with Gasteiger partial charge in [-0.3, -0.25) is 0 Å². The number of aryl methyl sites for hydroxylation is 1. The van der Waals surface area contributed by atoms with E-state index in [-0.39, 0.29) is 0 Å². The van der Waals surface area contributed by atoms with Crippen molar-refractivity contribution in [2.45, 2.75) is 25.3 Å². The predicted molar refractivity (Wildman–Crippen MR) is 72.4 cm³/mol. The summed E-state index contributed by atoms with van der Waals surface area (Å²) in [6.07, 6.45) is 3.20. The Hall–Kier alpha value is -0.440. The molecule has 0 atom stereocenters. The van der Waals surface area contributed by atoms with Crippen molar-refractivity contribution in [3.8, 4) is 0 Å². The highest BCUT2D eigenvalue weighted by atomic mass is 35.5. The Balaban J connectivity index is 2.23. The molecule has 0 spiro atoms. The van der Waals surface area contributed by atoms with Crippen molar-refractivity contribution < 1.29 is 0 Å². The summed E-state index contributed by atoms with van der Waals surface area (Å²) >= 11 is 17.9. The van der Waals surface area contributed by atoms with E-state index in [1.165, 1.54) is 12.8 Å². The zero-order valence-electron chi connectivity index (χ0n) is 9.09. The Bertz CT molecular complexity index is 573. The lowest BCUT2D eigenvalue weighted by Gasteiger charge is -2.06. The van der Waals surface area contributed by atoms with Crippen LogP contribution in [0.1, 0.15) is 24.7 Å². The average Bonchev–Trinajstić information content (AvgIpc) is 3.05. The van der Waals surface area contributed by atoms with E-state index in [4.69, 9.17) is 34.8 Å².